The predicted molar refractivity (Wildman–Crippen MR) is 121 cm³/mol. The largest absolute Gasteiger partial charge is 0.352 e. The molecule has 1 aromatic carbocycles. The highest BCUT2D eigenvalue weighted by Gasteiger charge is 2.43. The van der Waals surface area contributed by atoms with Crippen LogP contribution >= 0.6 is 0 Å². The molecule has 2 aromatic rings. The number of nitrogens with zero attached hydrogens (tertiary/aromatic N) is 2. The van der Waals surface area contributed by atoms with Gasteiger partial charge in [-0.3, -0.25) is 20.1 Å². The number of likely N-dealkylation sites (tertiary alicyclic amines) is 1. The number of rotatable bonds is 5. The first-order valence-electron chi connectivity index (χ1n) is 11.7. The van der Waals surface area contributed by atoms with Gasteiger partial charge in [-0.1, -0.05) is 30.3 Å². The maximum Gasteiger partial charge on any atom is 0.223 e. The summed E-state index contributed by atoms with van der Waals surface area (Å²) in [6, 6.07) is 15.7. The molecular formula is C25H33N5O. The van der Waals surface area contributed by atoms with Crippen LogP contribution < -0.4 is 16.2 Å². The fourth-order valence-electron chi connectivity index (χ4n) is 5.67. The van der Waals surface area contributed by atoms with Crippen LogP contribution in [0.3, 0.4) is 0 Å². The lowest BCUT2D eigenvalue weighted by Gasteiger charge is -2.36. The Labute approximate surface area is 184 Å². The Hall–Kier alpha value is -2.28. The van der Waals surface area contributed by atoms with Gasteiger partial charge in [-0.05, 0) is 67.8 Å². The van der Waals surface area contributed by atoms with Crippen molar-refractivity contribution < 1.29 is 4.79 Å². The lowest BCUT2D eigenvalue weighted by Crippen LogP contribution is -2.50. The molecular weight excluding hydrogens is 386 g/mol. The molecule has 3 heterocycles. The molecule has 5 rings (SSSR count). The summed E-state index contributed by atoms with van der Waals surface area (Å²) >= 11 is 0. The van der Waals surface area contributed by atoms with E-state index in [9.17, 15) is 4.79 Å². The number of nitrogens with one attached hydrogen (secondary N) is 3. The summed E-state index contributed by atoms with van der Waals surface area (Å²) in [6.45, 7) is 3.02. The first kappa shape index (κ1) is 20.6. The van der Waals surface area contributed by atoms with Gasteiger partial charge in [-0.2, -0.15) is 0 Å². The summed E-state index contributed by atoms with van der Waals surface area (Å²) in [5.41, 5.74) is 9.53. The van der Waals surface area contributed by atoms with Crippen LogP contribution in [0.5, 0.6) is 0 Å². The average Bonchev–Trinajstić information content (AvgIpc) is 3.24. The van der Waals surface area contributed by atoms with E-state index in [1.165, 1.54) is 11.1 Å². The molecule has 1 amide bonds. The fraction of sp³-hybridized carbons (Fsp3) is 0.520. The minimum atomic E-state index is 0.108. The smallest absolute Gasteiger partial charge is 0.223 e. The normalized spacial score (nSPS) is 31.2. The van der Waals surface area contributed by atoms with Crippen molar-refractivity contribution in [2.24, 2.45) is 11.8 Å². The zero-order chi connectivity index (χ0) is 21.0. The number of hydrazine groups is 1. The van der Waals surface area contributed by atoms with Crippen LogP contribution in [0.25, 0.3) is 0 Å². The first-order chi connectivity index (χ1) is 15.3. The van der Waals surface area contributed by atoms with Crippen molar-refractivity contribution in [3.8, 4) is 0 Å². The van der Waals surface area contributed by atoms with Gasteiger partial charge in [-0.15, -0.1) is 0 Å². The number of amides is 1. The lowest BCUT2D eigenvalue weighted by atomic mass is 9.74. The quantitative estimate of drug-likeness (QED) is 0.695. The minimum Gasteiger partial charge on any atom is -0.352 e. The summed E-state index contributed by atoms with van der Waals surface area (Å²) in [6.07, 6.45) is 8.87. The second-order valence-electron chi connectivity index (χ2n) is 9.40. The van der Waals surface area contributed by atoms with Gasteiger partial charge >= 0.3 is 0 Å². The molecule has 31 heavy (non-hydrogen) atoms. The molecule has 3 aliphatic rings. The number of hydrogen-bond donors (Lipinski definition) is 3. The summed E-state index contributed by atoms with van der Waals surface area (Å²) in [4.78, 5) is 19.8. The van der Waals surface area contributed by atoms with Gasteiger partial charge in [0.2, 0.25) is 5.91 Å². The van der Waals surface area contributed by atoms with Crippen molar-refractivity contribution in [3.63, 3.8) is 0 Å². The molecule has 2 aliphatic heterocycles. The Morgan fingerprint density at radius 3 is 2.74 bits per heavy atom. The zero-order valence-electron chi connectivity index (χ0n) is 18.0. The topological polar surface area (TPSA) is 69.3 Å². The van der Waals surface area contributed by atoms with Gasteiger partial charge in [-0.25, -0.2) is 5.43 Å². The van der Waals surface area contributed by atoms with Crippen LogP contribution in [0, 0.1) is 11.8 Å². The predicted octanol–water partition coefficient (Wildman–Crippen LogP) is 2.80. The Morgan fingerprint density at radius 2 is 1.90 bits per heavy atom. The number of carbonyl (C=O) groups excluding carboxylic acids is 1. The second kappa shape index (κ2) is 9.47. The SMILES string of the molecule is O=C(NC1CCCN(Cc2ccccc2)C1)C1CCC2NNC(c3ccncc3)C2C1. The minimum absolute atomic E-state index is 0.108. The lowest BCUT2D eigenvalue weighted by molar-refractivity contribution is -0.127. The van der Waals surface area contributed by atoms with Gasteiger partial charge in [0.05, 0.1) is 6.04 Å². The second-order valence-corrected chi connectivity index (χ2v) is 9.40. The number of benzene rings is 1. The molecule has 0 spiro atoms. The molecule has 6 nitrogen and oxygen atoms in total. The molecule has 5 unspecified atom stereocenters. The number of pyridine rings is 1. The number of carbonyl (C=O) groups is 1. The van der Waals surface area contributed by atoms with E-state index in [1.807, 2.05) is 12.4 Å². The van der Waals surface area contributed by atoms with Crippen LogP contribution in [-0.4, -0.2) is 41.0 Å². The Morgan fingerprint density at radius 1 is 1.06 bits per heavy atom. The standard InChI is InChI=1S/C25H33N5O/c31-25(27-21-7-4-14-30(17-21)16-18-5-2-1-3-6-18)20-8-9-23-22(15-20)24(29-28-23)19-10-12-26-13-11-19/h1-3,5-6,10-13,20-24,28-29H,4,7-9,14-17H2,(H,27,31). The van der Waals surface area contributed by atoms with E-state index >= 15 is 0 Å². The molecule has 0 radical (unpaired) electrons. The third kappa shape index (κ3) is 4.81. The zero-order valence-corrected chi connectivity index (χ0v) is 18.0. The van der Waals surface area contributed by atoms with Gasteiger partial charge in [0.25, 0.3) is 0 Å². The van der Waals surface area contributed by atoms with E-state index in [1.54, 1.807) is 0 Å². The Bertz CT molecular complexity index is 861. The van der Waals surface area contributed by atoms with E-state index in [-0.39, 0.29) is 23.9 Å². The molecule has 3 fully saturated rings. The van der Waals surface area contributed by atoms with Gasteiger partial charge < -0.3 is 5.32 Å². The third-order valence-electron chi connectivity index (χ3n) is 7.29. The fourth-order valence-corrected chi connectivity index (χ4v) is 5.67. The number of hydrogen-bond acceptors (Lipinski definition) is 5. The van der Waals surface area contributed by atoms with Gasteiger partial charge in [0.15, 0.2) is 0 Å². The van der Waals surface area contributed by atoms with E-state index in [0.29, 0.717) is 12.0 Å². The highest BCUT2D eigenvalue weighted by Crippen LogP contribution is 2.40. The van der Waals surface area contributed by atoms with Crippen molar-refractivity contribution in [2.45, 2.75) is 56.8 Å². The molecule has 1 saturated carbocycles. The molecule has 3 N–H and O–H groups in total. The maximum atomic E-state index is 13.2. The van der Waals surface area contributed by atoms with Crippen LogP contribution in [-0.2, 0) is 11.3 Å². The number of aromatic nitrogens is 1. The highest BCUT2D eigenvalue weighted by atomic mass is 16.2. The summed E-state index contributed by atoms with van der Waals surface area (Å²) in [5, 5.41) is 3.41. The summed E-state index contributed by atoms with van der Waals surface area (Å²) < 4.78 is 0. The first-order valence-corrected chi connectivity index (χ1v) is 11.7. The van der Waals surface area contributed by atoms with Crippen molar-refractivity contribution >= 4 is 5.91 Å². The molecule has 5 atom stereocenters. The average molecular weight is 420 g/mol. The van der Waals surface area contributed by atoms with Crippen molar-refractivity contribution in [1.82, 2.24) is 26.1 Å². The van der Waals surface area contributed by atoms with Gasteiger partial charge in [0.1, 0.15) is 0 Å². The number of fused-ring (bicyclic) bond motifs is 1. The molecule has 6 heteroatoms. The van der Waals surface area contributed by atoms with E-state index in [2.05, 4.69) is 68.5 Å². The number of piperidine rings is 1. The van der Waals surface area contributed by atoms with E-state index in [4.69, 9.17) is 0 Å². The summed E-state index contributed by atoms with van der Waals surface area (Å²) in [7, 11) is 0. The van der Waals surface area contributed by atoms with Crippen LogP contribution in [0.1, 0.15) is 49.3 Å². The Kier molecular flexibility index (Phi) is 6.30. The van der Waals surface area contributed by atoms with E-state index in [0.717, 1.165) is 51.7 Å². The maximum absolute atomic E-state index is 13.2. The van der Waals surface area contributed by atoms with Crippen molar-refractivity contribution in [1.29, 1.82) is 0 Å². The monoisotopic (exact) mass is 419 g/mol. The Balaban J connectivity index is 1.17. The van der Waals surface area contributed by atoms with Gasteiger partial charge in [0, 0.05) is 43.5 Å². The van der Waals surface area contributed by atoms with Crippen LogP contribution in [0.2, 0.25) is 0 Å². The molecule has 0 bridgehead atoms. The van der Waals surface area contributed by atoms with Crippen LogP contribution in [0.15, 0.2) is 54.9 Å². The van der Waals surface area contributed by atoms with Crippen LogP contribution in [0.4, 0.5) is 0 Å². The van der Waals surface area contributed by atoms with E-state index < -0.39 is 0 Å². The molecule has 1 aliphatic carbocycles. The third-order valence-corrected chi connectivity index (χ3v) is 7.29. The summed E-state index contributed by atoms with van der Waals surface area (Å²) in [5.74, 6) is 0.801. The van der Waals surface area contributed by atoms with Crippen molar-refractivity contribution in [2.75, 3.05) is 13.1 Å². The van der Waals surface area contributed by atoms with Crippen molar-refractivity contribution in [3.05, 3.63) is 66.0 Å². The molecule has 2 saturated heterocycles. The highest BCUT2D eigenvalue weighted by molar-refractivity contribution is 5.79. The molecule has 1 aromatic heterocycles. The molecule has 164 valence electrons.